The Morgan fingerprint density at radius 1 is 0.913 bits per heavy atom. The van der Waals surface area contributed by atoms with Crippen LogP contribution < -0.4 is 0 Å². The molecule has 0 aliphatic heterocycles. The van der Waals surface area contributed by atoms with Crippen molar-refractivity contribution < 1.29 is 5.11 Å². The second-order valence-electron chi connectivity index (χ2n) is 10.1. The highest BCUT2D eigenvalue weighted by atomic mass is 16.3. The summed E-state index contributed by atoms with van der Waals surface area (Å²) in [6.45, 7) is 9.46. The van der Waals surface area contributed by atoms with Crippen LogP contribution in [0, 0.1) is 34.5 Å². The molecular weight excluding hydrogens is 280 g/mol. The van der Waals surface area contributed by atoms with Crippen molar-refractivity contribution in [3.8, 4) is 0 Å². The summed E-state index contributed by atoms with van der Waals surface area (Å²) < 4.78 is 0. The van der Waals surface area contributed by atoms with E-state index in [1.54, 1.807) is 0 Å². The molecule has 1 nitrogen and oxygen atoms in total. The zero-order chi connectivity index (χ0) is 16.4. The minimum Gasteiger partial charge on any atom is -0.388 e. The summed E-state index contributed by atoms with van der Waals surface area (Å²) >= 11 is 0. The van der Waals surface area contributed by atoms with Crippen molar-refractivity contribution in [1.29, 1.82) is 0 Å². The topological polar surface area (TPSA) is 20.2 Å². The molecule has 0 radical (unpaired) electrons. The fraction of sp³-hybridized carbons (Fsp3) is 0.909. The first-order valence-electron chi connectivity index (χ1n) is 10.2. The highest BCUT2D eigenvalue weighted by Gasteiger charge is 2.60. The summed E-state index contributed by atoms with van der Waals surface area (Å²) in [7, 11) is 0. The van der Waals surface area contributed by atoms with E-state index in [1.807, 2.05) is 0 Å². The van der Waals surface area contributed by atoms with Crippen LogP contribution in [-0.4, -0.2) is 11.2 Å². The largest absolute Gasteiger partial charge is 0.388 e. The van der Waals surface area contributed by atoms with Gasteiger partial charge in [0, 0.05) is 5.41 Å². The van der Waals surface area contributed by atoms with Crippen LogP contribution in [0.5, 0.6) is 0 Å². The van der Waals surface area contributed by atoms with Crippen molar-refractivity contribution in [2.24, 2.45) is 34.5 Å². The second-order valence-corrected chi connectivity index (χ2v) is 10.1. The molecule has 4 rings (SSSR count). The maximum atomic E-state index is 11.0. The van der Waals surface area contributed by atoms with Crippen LogP contribution in [-0.2, 0) is 0 Å². The van der Waals surface area contributed by atoms with Gasteiger partial charge in [-0.25, -0.2) is 0 Å². The molecule has 4 aliphatic carbocycles. The molecule has 1 heteroatoms. The molecule has 0 amide bonds. The number of hydrogen-bond donors (Lipinski definition) is 1. The van der Waals surface area contributed by atoms with Gasteiger partial charge in [0.05, 0.1) is 6.10 Å². The quantitative estimate of drug-likeness (QED) is 0.566. The standard InChI is InChI=1S/C22H36O/c1-14(2)17-13-19-16-9-8-15-7-5-6-11-21(15,3)18(16)10-12-22(19,4)20(17)23/h15-16,18-20,23H,5-13H2,1-4H3/t15-,16+,18-,19-,20-,21+,22-/m1/s1. The van der Waals surface area contributed by atoms with Crippen molar-refractivity contribution in [2.45, 2.75) is 91.6 Å². The molecule has 0 unspecified atom stereocenters. The van der Waals surface area contributed by atoms with E-state index in [4.69, 9.17) is 0 Å². The fourth-order valence-electron chi connectivity index (χ4n) is 7.59. The van der Waals surface area contributed by atoms with E-state index in [0.717, 1.165) is 23.7 Å². The third-order valence-corrected chi connectivity index (χ3v) is 9.06. The molecular formula is C22H36O. The van der Waals surface area contributed by atoms with Crippen molar-refractivity contribution >= 4 is 0 Å². The first-order chi connectivity index (χ1) is 10.9. The number of rotatable bonds is 0. The van der Waals surface area contributed by atoms with E-state index in [9.17, 15) is 5.11 Å². The minimum atomic E-state index is -0.171. The first kappa shape index (κ1) is 16.2. The molecule has 1 N–H and O–H groups in total. The zero-order valence-electron chi connectivity index (χ0n) is 15.7. The molecule has 23 heavy (non-hydrogen) atoms. The molecule has 0 aromatic carbocycles. The van der Waals surface area contributed by atoms with Gasteiger partial charge in [-0.3, -0.25) is 0 Å². The van der Waals surface area contributed by atoms with Gasteiger partial charge in [0.25, 0.3) is 0 Å². The molecule has 0 spiro atoms. The van der Waals surface area contributed by atoms with Gasteiger partial charge in [0.15, 0.2) is 0 Å². The number of aliphatic hydroxyl groups is 1. The van der Waals surface area contributed by atoms with Crippen LogP contribution in [0.4, 0.5) is 0 Å². The Kier molecular flexibility index (Phi) is 3.76. The Morgan fingerprint density at radius 3 is 2.43 bits per heavy atom. The molecule has 130 valence electrons. The lowest BCUT2D eigenvalue weighted by Gasteiger charge is -2.60. The van der Waals surface area contributed by atoms with E-state index in [0.29, 0.717) is 5.41 Å². The fourth-order valence-corrected chi connectivity index (χ4v) is 7.59. The maximum absolute atomic E-state index is 11.0. The van der Waals surface area contributed by atoms with Gasteiger partial charge >= 0.3 is 0 Å². The average molecular weight is 317 g/mol. The number of aliphatic hydroxyl groups excluding tert-OH is 1. The van der Waals surface area contributed by atoms with Gasteiger partial charge in [-0.1, -0.05) is 32.3 Å². The Hall–Kier alpha value is -0.300. The molecule has 0 bridgehead atoms. The Balaban J connectivity index is 1.68. The van der Waals surface area contributed by atoms with Gasteiger partial charge in [-0.05, 0) is 93.5 Å². The van der Waals surface area contributed by atoms with Gasteiger partial charge in [0.2, 0.25) is 0 Å². The van der Waals surface area contributed by atoms with E-state index in [1.165, 1.54) is 68.9 Å². The van der Waals surface area contributed by atoms with Gasteiger partial charge < -0.3 is 5.11 Å². The number of hydrogen-bond acceptors (Lipinski definition) is 1. The van der Waals surface area contributed by atoms with Crippen LogP contribution in [0.25, 0.3) is 0 Å². The predicted molar refractivity (Wildman–Crippen MR) is 96.1 cm³/mol. The van der Waals surface area contributed by atoms with Crippen LogP contribution in [0.15, 0.2) is 11.1 Å². The van der Waals surface area contributed by atoms with Crippen molar-refractivity contribution in [3.63, 3.8) is 0 Å². The third kappa shape index (κ3) is 2.14. The van der Waals surface area contributed by atoms with Gasteiger partial charge in [0.1, 0.15) is 0 Å². The van der Waals surface area contributed by atoms with E-state index in [-0.39, 0.29) is 11.5 Å². The van der Waals surface area contributed by atoms with Crippen LogP contribution in [0.2, 0.25) is 0 Å². The maximum Gasteiger partial charge on any atom is 0.0809 e. The summed E-state index contributed by atoms with van der Waals surface area (Å²) in [4.78, 5) is 0. The highest BCUT2D eigenvalue weighted by molar-refractivity contribution is 5.27. The van der Waals surface area contributed by atoms with Crippen LogP contribution in [0.3, 0.4) is 0 Å². The SMILES string of the molecule is CC(C)=C1C[C@@H]2[C@H]3CC[C@H]4CCCC[C@]4(C)[C@@H]3CC[C@@]2(C)[C@@H]1O. The molecule has 7 atom stereocenters. The monoisotopic (exact) mass is 316 g/mol. The third-order valence-electron chi connectivity index (χ3n) is 9.06. The smallest absolute Gasteiger partial charge is 0.0809 e. The Morgan fingerprint density at radius 2 is 1.70 bits per heavy atom. The Bertz CT molecular complexity index is 516. The molecule has 0 aromatic heterocycles. The molecule has 4 aliphatic rings. The first-order valence-corrected chi connectivity index (χ1v) is 10.2. The summed E-state index contributed by atoms with van der Waals surface area (Å²) in [6, 6.07) is 0. The lowest BCUT2D eigenvalue weighted by Crippen LogP contribution is -2.53. The summed E-state index contributed by atoms with van der Waals surface area (Å²) in [5.41, 5.74) is 3.53. The van der Waals surface area contributed by atoms with Crippen LogP contribution >= 0.6 is 0 Å². The lowest BCUT2D eigenvalue weighted by molar-refractivity contribution is -0.119. The van der Waals surface area contributed by atoms with Crippen molar-refractivity contribution in [1.82, 2.24) is 0 Å². The second kappa shape index (κ2) is 5.35. The van der Waals surface area contributed by atoms with Crippen molar-refractivity contribution in [2.75, 3.05) is 0 Å². The van der Waals surface area contributed by atoms with E-state index < -0.39 is 0 Å². The molecule has 4 fully saturated rings. The van der Waals surface area contributed by atoms with Crippen molar-refractivity contribution in [3.05, 3.63) is 11.1 Å². The molecule has 0 heterocycles. The van der Waals surface area contributed by atoms with E-state index in [2.05, 4.69) is 27.7 Å². The number of fused-ring (bicyclic) bond motifs is 5. The molecule has 0 saturated heterocycles. The molecule has 4 saturated carbocycles. The summed E-state index contributed by atoms with van der Waals surface area (Å²) in [6.07, 6.45) is 12.4. The van der Waals surface area contributed by atoms with E-state index >= 15 is 0 Å². The highest BCUT2D eigenvalue weighted by Crippen LogP contribution is 2.67. The predicted octanol–water partition coefficient (Wildman–Crippen LogP) is 5.73. The molecule has 0 aromatic rings. The average Bonchev–Trinajstić information content (AvgIpc) is 2.79. The zero-order valence-corrected chi connectivity index (χ0v) is 15.7. The van der Waals surface area contributed by atoms with Crippen LogP contribution in [0.1, 0.15) is 85.5 Å². The summed E-state index contributed by atoms with van der Waals surface area (Å²) in [5, 5.41) is 11.0. The number of allylic oxidation sites excluding steroid dienone is 1. The van der Waals surface area contributed by atoms with Gasteiger partial charge in [-0.15, -0.1) is 0 Å². The lowest BCUT2D eigenvalue weighted by atomic mass is 9.45. The Labute approximate surface area is 142 Å². The normalized spacial score (nSPS) is 52.6. The summed E-state index contributed by atoms with van der Waals surface area (Å²) in [5.74, 6) is 3.54. The van der Waals surface area contributed by atoms with Gasteiger partial charge in [-0.2, -0.15) is 0 Å². The minimum absolute atomic E-state index is 0.158.